The van der Waals surface area contributed by atoms with Crippen LogP contribution in [0.1, 0.15) is 83.4 Å². The Kier molecular flexibility index (Phi) is 18.8. The molecule has 3 aromatic carbocycles. The van der Waals surface area contributed by atoms with Crippen LogP contribution in [0.2, 0.25) is 5.02 Å². The van der Waals surface area contributed by atoms with E-state index in [2.05, 4.69) is 41.1 Å². The van der Waals surface area contributed by atoms with Crippen molar-refractivity contribution in [1.82, 2.24) is 35.4 Å². The number of halogens is 1. The molecule has 2 fully saturated rings. The lowest BCUT2D eigenvalue weighted by Crippen LogP contribution is -2.57. The van der Waals surface area contributed by atoms with Gasteiger partial charge in [0.2, 0.25) is 29.6 Å². The number of para-hydroxylation sites is 1. The number of β-amino-alcohol motifs (C(OH)–C–C–N with tert-alkyl or cyclic N) is 1. The van der Waals surface area contributed by atoms with Crippen molar-refractivity contribution < 1.29 is 33.6 Å². The van der Waals surface area contributed by atoms with E-state index in [0.29, 0.717) is 78.2 Å². The molecule has 1 unspecified atom stereocenters. The molecule has 0 radical (unpaired) electrons. The van der Waals surface area contributed by atoms with Crippen LogP contribution in [-0.4, -0.2) is 125 Å². The number of carbonyl (C=O) groups is 4. The van der Waals surface area contributed by atoms with Gasteiger partial charge in [0.15, 0.2) is 5.82 Å². The summed E-state index contributed by atoms with van der Waals surface area (Å²) in [6, 6.07) is 19.4. The number of likely N-dealkylation sites (tertiary alicyclic amines) is 1. The van der Waals surface area contributed by atoms with Gasteiger partial charge in [0.1, 0.15) is 30.0 Å². The van der Waals surface area contributed by atoms with E-state index in [-0.39, 0.29) is 49.6 Å². The van der Waals surface area contributed by atoms with Crippen LogP contribution in [0.5, 0.6) is 5.75 Å². The fraction of sp³-hybridized carbons (Fsp3) is 0.463. The van der Waals surface area contributed by atoms with E-state index < -0.39 is 30.7 Å². The topological polar surface area (TPSA) is 211 Å². The largest absolute Gasteiger partial charge is 0.494 e. The number of hydrogen-bond acceptors (Lipinski definition) is 14. The third-order valence-electron chi connectivity index (χ3n) is 13.4. The summed E-state index contributed by atoms with van der Waals surface area (Å²) in [6.45, 7) is 13.9. The average Bonchev–Trinajstić information content (AvgIpc) is 4.00. The summed E-state index contributed by atoms with van der Waals surface area (Å²) in [5, 5.41) is 24.0. The number of nitrogens with zero attached hydrogens (tertiary/aromatic N) is 6. The zero-order valence-electron chi connectivity index (χ0n) is 43.5. The molecule has 5 N–H and O–H groups in total. The van der Waals surface area contributed by atoms with Gasteiger partial charge in [-0.15, -0.1) is 11.3 Å². The Hall–Kier alpha value is -6.07. The van der Waals surface area contributed by atoms with E-state index in [4.69, 9.17) is 16.3 Å². The molecule has 2 saturated heterocycles. The molecule has 0 saturated carbocycles. The summed E-state index contributed by atoms with van der Waals surface area (Å²) in [7, 11) is -0.978. The molecular formula is C54H70ClN10O7PS. The molecular weight excluding hydrogens is 999 g/mol. The number of aromatic nitrogens is 3. The number of hydrogen-bond donors (Lipinski definition) is 5. The first-order chi connectivity index (χ1) is 35.3. The minimum atomic E-state index is -2.58. The number of aryl methyl sites for hydroxylation is 1. The van der Waals surface area contributed by atoms with E-state index in [1.165, 1.54) is 11.1 Å². The van der Waals surface area contributed by atoms with E-state index >= 15 is 0 Å². The van der Waals surface area contributed by atoms with Crippen LogP contribution in [0, 0.1) is 12.3 Å². The highest BCUT2D eigenvalue weighted by atomic mass is 35.5. The molecule has 2 aromatic heterocycles. The number of benzene rings is 3. The van der Waals surface area contributed by atoms with Gasteiger partial charge in [-0.2, -0.15) is 4.98 Å². The van der Waals surface area contributed by atoms with Crippen LogP contribution in [-0.2, 0) is 30.3 Å². The van der Waals surface area contributed by atoms with Crippen molar-refractivity contribution in [3.05, 3.63) is 94.7 Å². The minimum Gasteiger partial charge on any atom is -0.494 e. The number of methoxy groups -OCH3 is 1. The summed E-state index contributed by atoms with van der Waals surface area (Å²) in [6.07, 6.45) is 5.42. The average molecular weight is 1070 g/mol. The minimum absolute atomic E-state index is 0.0112. The highest BCUT2D eigenvalue weighted by Crippen LogP contribution is 2.39. The fourth-order valence-electron chi connectivity index (χ4n) is 9.27. The molecule has 4 amide bonds. The lowest BCUT2D eigenvalue weighted by atomic mass is 9.85. The van der Waals surface area contributed by atoms with E-state index in [0.717, 1.165) is 53.1 Å². The van der Waals surface area contributed by atoms with Gasteiger partial charge in [-0.1, -0.05) is 88.0 Å². The maximum Gasteiger partial charge on any atom is 0.246 e. The first kappa shape index (κ1) is 55.7. The monoisotopic (exact) mass is 1070 g/mol. The predicted octanol–water partition coefficient (Wildman–Crippen LogP) is 8.49. The van der Waals surface area contributed by atoms with E-state index in [9.17, 15) is 28.8 Å². The first-order valence-corrected chi connectivity index (χ1v) is 29.1. The summed E-state index contributed by atoms with van der Waals surface area (Å²) in [5.41, 5.74) is 6.37. The second-order valence-electron chi connectivity index (χ2n) is 20.5. The number of nitrogens with one attached hydrogen (secondary N) is 4. The van der Waals surface area contributed by atoms with E-state index in [1.807, 2.05) is 105 Å². The molecule has 0 spiro atoms. The second-order valence-corrected chi connectivity index (χ2v) is 24.9. The fourth-order valence-corrected chi connectivity index (χ4v) is 11.4. The van der Waals surface area contributed by atoms with Gasteiger partial charge >= 0.3 is 0 Å². The van der Waals surface area contributed by atoms with Crippen LogP contribution >= 0.6 is 30.1 Å². The third kappa shape index (κ3) is 14.6. The molecule has 17 nitrogen and oxygen atoms in total. The third-order valence-corrected chi connectivity index (χ3v) is 16.2. The maximum absolute atomic E-state index is 14.1. The van der Waals surface area contributed by atoms with Gasteiger partial charge < -0.3 is 50.4 Å². The molecule has 2 aliphatic rings. The molecule has 4 heterocycles. The molecule has 396 valence electrons. The van der Waals surface area contributed by atoms with Crippen molar-refractivity contribution in [3.63, 3.8) is 0 Å². The van der Waals surface area contributed by atoms with Gasteiger partial charge in [-0.05, 0) is 73.9 Å². The van der Waals surface area contributed by atoms with Crippen molar-refractivity contribution in [2.75, 3.05) is 68.7 Å². The smallest absolute Gasteiger partial charge is 0.246 e. The standard InChI is InChI=1S/C54H70ClN10O7PS/c1-35-48(74-34-58-35)37-21-19-36(20-22-37)31-56-51(69)43-30-39(66)33-65(43)52(70)49(54(2,3)4)61-46(67)17-11-9-8-10-12-18-47(68)64-27-25-63(26-28-64)38-23-24-41(44(29-38)72-5)60-53-57-32-40(55)50(62-53)59-42-15-13-14-16-45(42)73(6,7)71/h13-16,19-24,29,32,34,39,43,49,66H,8-12,17-18,25-28,30-31,33H2,1-7H3,(H,56,69)(H,61,67)(H2,57,59,60,62)/t39-,43+,49?/m1/s1. The molecule has 0 bridgehead atoms. The number of rotatable bonds is 21. The highest BCUT2D eigenvalue weighted by molar-refractivity contribution is 7.70. The molecule has 74 heavy (non-hydrogen) atoms. The molecule has 20 heteroatoms. The van der Waals surface area contributed by atoms with Crippen molar-refractivity contribution in [2.24, 2.45) is 5.41 Å². The van der Waals surface area contributed by atoms with Crippen LogP contribution in [0.4, 0.5) is 28.8 Å². The first-order valence-electron chi connectivity index (χ1n) is 25.3. The number of ether oxygens (including phenoxy) is 1. The number of anilines is 5. The lowest BCUT2D eigenvalue weighted by Gasteiger charge is -2.36. The number of carbonyl (C=O) groups excluding carboxylic acids is 4. The summed E-state index contributed by atoms with van der Waals surface area (Å²) >= 11 is 8.05. The predicted molar refractivity (Wildman–Crippen MR) is 295 cm³/mol. The quantitative estimate of drug-likeness (QED) is 0.0345. The number of amides is 4. The molecule has 5 aromatic rings. The van der Waals surface area contributed by atoms with Crippen LogP contribution < -0.4 is 36.2 Å². The number of thiazole rings is 1. The second kappa shape index (κ2) is 25.0. The van der Waals surface area contributed by atoms with Gasteiger partial charge in [0, 0.05) is 75.6 Å². The van der Waals surface area contributed by atoms with Crippen molar-refractivity contribution in [2.45, 2.75) is 104 Å². The van der Waals surface area contributed by atoms with Crippen LogP contribution in [0.3, 0.4) is 0 Å². The zero-order chi connectivity index (χ0) is 53.2. The van der Waals surface area contributed by atoms with Gasteiger partial charge in [-0.25, -0.2) is 9.97 Å². The van der Waals surface area contributed by atoms with Crippen LogP contribution in [0.25, 0.3) is 10.4 Å². The summed E-state index contributed by atoms with van der Waals surface area (Å²) in [5.74, 6) is 0.414. The Bertz CT molecular complexity index is 2810. The van der Waals surface area contributed by atoms with Crippen molar-refractivity contribution in [1.29, 1.82) is 0 Å². The Morgan fingerprint density at radius 2 is 1.61 bits per heavy atom. The number of aliphatic hydroxyl groups is 1. The molecule has 7 rings (SSSR count). The summed E-state index contributed by atoms with van der Waals surface area (Å²) in [4.78, 5) is 74.0. The Balaban J connectivity index is 0.801. The zero-order valence-corrected chi connectivity index (χ0v) is 45.9. The van der Waals surface area contributed by atoms with Crippen LogP contribution in [0.15, 0.2) is 78.4 Å². The highest BCUT2D eigenvalue weighted by Gasteiger charge is 2.44. The molecule has 0 aliphatic carbocycles. The molecule has 3 atom stereocenters. The molecule has 2 aliphatic heterocycles. The normalized spacial score (nSPS) is 16.4. The van der Waals surface area contributed by atoms with Gasteiger partial charge in [0.05, 0.1) is 46.9 Å². The Morgan fingerprint density at radius 3 is 2.28 bits per heavy atom. The van der Waals surface area contributed by atoms with Gasteiger partial charge in [0.25, 0.3) is 0 Å². The van der Waals surface area contributed by atoms with E-state index in [1.54, 1.807) is 31.8 Å². The van der Waals surface area contributed by atoms with Crippen molar-refractivity contribution >= 4 is 87.8 Å². The summed E-state index contributed by atoms with van der Waals surface area (Å²) < 4.78 is 18.7. The number of unbranched alkanes of at least 4 members (excludes halogenated alkanes) is 4. The van der Waals surface area contributed by atoms with Crippen molar-refractivity contribution in [3.8, 4) is 16.2 Å². The number of aliphatic hydroxyl groups excluding tert-OH is 1. The maximum atomic E-state index is 14.1. The Labute approximate surface area is 443 Å². The number of piperazine rings is 1. The Morgan fingerprint density at radius 1 is 0.905 bits per heavy atom. The SMILES string of the molecule is COc1cc(N2CCN(C(=O)CCCCCCCC(=O)NC(C(=O)N3C[C@H](O)C[C@H]3C(=O)NCc3ccc(-c4scnc4C)cc3)C(C)(C)C)CC2)ccc1Nc1ncc(Cl)c(Nc2ccccc2P(C)(C)=O)n1. The van der Waals surface area contributed by atoms with Gasteiger partial charge in [-0.3, -0.25) is 19.2 Å². The lowest BCUT2D eigenvalue weighted by molar-refractivity contribution is -0.144.